The summed E-state index contributed by atoms with van der Waals surface area (Å²) in [6.45, 7) is 9.04. The van der Waals surface area contributed by atoms with Crippen LogP contribution in [0.25, 0.3) is 0 Å². The summed E-state index contributed by atoms with van der Waals surface area (Å²) in [6.07, 6.45) is 1.92. The number of hydrogen-bond acceptors (Lipinski definition) is 4. The number of likely N-dealkylation sites (tertiary alicyclic amines) is 1. The topological polar surface area (TPSA) is 73.9 Å². The fourth-order valence-electron chi connectivity index (χ4n) is 4.03. The Labute approximate surface area is 173 Å². The van der Waals surface area contributed by atoms with Crippen molar-refractivity contribution in [3.63, 3.8) is 0 Å². The van der Waals surface area contributed by atoms with E-state index >= 15 is 0 Å². The Kier molecular flexibility index (Phi) is 7.89. The number of urea groups is 1. The monoisotopic (exact) mass is 402 g/mol. The summed E-state index contributed by atoms with van der Waals surface area (Å²) >= 11 is 0. The summed E-state index contributed by atoms with van der Waals surface area (Å²) in [7, 11) is 0. The van der Waals surface area contributed by atoms with E-state index in [1.54, 1.807) is 0 Å². The minimum atomic E-state index is -0.386. The Balaban J connectivity index is 1.54. The molecule has 7 nitrogen and oxygen atoms in total. The Morgan fingerprint density at radius 2 is 1.72 bits per heavy atom. The van der Waals surface area contributed by atoms with Gasteiger partial charge in [0.15, 0.2) is 0 Å². The first-order valence-electron chi connectivity index (χ1n) is 10.7. The molecule has 1 aromatic carbocycles. The molecule has 2 heterocycles. The average Bonchev–Trinajstić information content (AvgIpc) is 2.75. The molecule has 3 amide bonds. The maximum atomic E-state index is 13.1. The Hall–Kier alpha value is -2.12. The molecule has 0 aliphatic carbocycles. The van der Waals surface area contributed by atoms with Gasteiger partial charge in [-0.25, -0.2) is 4.79 Å². The Bertz CT molecular complexity index is 653. The number of ether oxygens (including phenoxy) is 1. The minimum Gasteiger partial charge on any atom is -0.378 e. The van der Waals surface area contributed by atoms with Crippen LogP contribution in [0.2, 0.25) is 0 Å². The molecule has 1 unspecified atom stereocenters. The van der Waals surface area contributed by atoms with Gasteiger partial charge in [0, 0.05) is 44.8 Å². The number of morpholine rings is 1. The standard InChI is InChI=1S/C22H34N4O3/c1-17(2)25-10-8-19(9-11-25)24-22(28)23-16-20(18-6-4-3-5-7-18)21(27)26-12-14-29-15-13-26/h3-7,17,19-20H,8-16H2,1-2H3,(H2,23,24,28). The number of benzene rings is 1. The van der Waals surface area contributed by atoms with Gasteiger partial charge in [0.25, 0.3) is 0 Å². The molecule has 160 valence electrons. The van der Waals surface area contributed by atoms with Gasteiger partial charge in [-0.3, -0.25) is 4.79 Å². The third-order valence-corrected chi connectivity index (χ3v) is 5.88. The second kappa shape index (κ2) is 10.6. The van der Waals surface area contributed by atoms with Crippen LogP contribution in [0, 0.1) is 0 Å². The van der Waals surface area contributed by atoms with Crippen molar-refractivity contribution in [2.45, 2.75) is 44.7 Å². The second-order valence-corrected chi connectivity index (χ2v) is 8.16. The number of nitrogens with one attached hydrogen (secondary N) is 2. The lowest BCUT2D eigenvalue weighted by Crippen LogP contribution is -2.50. The summed E-state index contributed by atoms with van der Waals surface area (Å²) in [5, 5.41) is 6.02. The van der Waals surface area contributed by atoms with Crippen molar-refractivity contribution in [1.82, 2.24) is 20.4 Å². The highest BCUT2D eigenvalue weighted by molar-refractivity contribution is 5.85. The van der Waals surface area contributed by atoms with E-state index < -0.39 is 0 Å². The van der Waals surface area contributed by atoms with Gasteiger partial charge < -0.3 is 25.2 Å². The number of carbonyl (C=O) groups excluding carboxylic acids is 2. The van der Waals surface area contributed by atoms with Gasteiger partial charge in [-0.2, -0.15) is 0 Å². The van der Waals surface area contributed by atoms with Crippen LogP contribution in [-0.2, 0) is 9.53 Å². The van der Waals surface area contributed by atoms with Crippen LogP contribution in [0.4, 0.5) is 4.79 Å². The molecule has 2 saturated heterocycles. The summed E-state index contributed by atoms with van der Waals surface area (Å²) in [4.78, 5) is 29.8. The summed E-state index contributed by atoms with van der Waals surface area (Å²) in [5.74, 6) is -0.340. The second-order valence-electron chi connectivity index (χ2n) is 8.16. The van der Waals surface area contributed by atoms with Gasteiger partial charge in [-0.15, -0.1) is 0 Å². The van der Waals surface area contributed by atoms with Crippen LogP contribution in [0.1, 0.15) is 38.2 Å². The molecule has 0 bridgehead atoms. The van der Waals surface area contributed by atoms with Crippen molar-refractivity contribution < 1.29 is 14.3 Å². The minimum absolute atomic E-state index is 0.0463. The largest absolute Gasteiger partial charge is 0.378 e. The van der Waals surface area contributed by atoms with Gasteiger partial charge in [0.2, 0.25) is 5.91 Å². The molecule has 1 aromatic rings. The van der Waals surface area contributed by atoms with Crippen molar-refractivity contribution in [2.24, 2.45) is 0 Å². The van der Waals surface area contributed by atoms with E-state index in [1.807, 2.05) is 35.2 Å². The lowest BCUT2D eigenvalue weighted by Gasteiger charge is -2.35. The average molecular weight is 403 g/mol. The van der Waals surface area contributed by atoms with Crippen LogP contribution in [0.3, 0.4) is 0 Å². The molecule has 1 atom stereocenters. The zero-order valence-electron chi connectivity index (χ0n) is 17.6. The number of rotatable bonds is 6. The zero-order chi connectivity index (χ0) is 20.6. The highest BCUT2D eigenvalue weighted by atomic mass is 16.5. The molecule has 0 saturated carbocycles. The molecular weight excluding hydrogens is 368 g/mol. The summed E-state index contributed by atoms with van der Waals surface area (Å²) < 4.78 is 5.36. The predicted octanol–water partition coefficient (Wildman–Crippen LogP) is 1.80. The predicted molar refractivity (Wildman–Crippen MR) is 113 cm³/mol. The maximum Gasteiger partial charge on any atom is 0.315 e. The van der Waals surface area contributed by atoms with E-state index in [9.17, 15) is 9.59 Å². The molecule has 2 aliphatic heterocycles. The molecule has 7 heteroatoms. The summed E-state index contributed by atoms with van der Waals surface area (Å²) in [5.41, 5.74) is 0.925. The zero-order valence-corrected chi connectivity index (χ0v) is 17.6. The first kappa shape index (κ1) is 21.6. The molecule has 2 fully saturated rings. The van der Waals surface area contributed by atoms with Gasteiger partial charge in [-0.1, -0.05) is 30.3 Å². The number of hydrogen-bond donors (Lipinski definition) is 2. The Morgan fingerprint density at radius 1 is 1.07 bits per heavy atom. The molecule has 0 aromatic heterocycles. The van der Waals surface area contributed by atoms with E-state index in [4.69, 9.17) is 4.74 Å². The van der Waals surface area contributed by atoms with Crippen molar-refractivity contribution in [3.05, 3.63) is 35.9 Å². The van der Waals surface area contributed by atoms with Crippen LogP contribution >= 0.6 is 0 Å². The molecule has 0 spiro atoms. The number of amides is 3. The van der Waals surface area contributed by atoms with Crippen molar-refractivity contribution in [2.75, 3.05) is 45.9 Å². The van der Waals surface area contributed by atoms with E-state index in [0.29, 0.717) is 32.3 Å². The number of carbonyl (C=O) groups is 2. The molecule has 3 rings (SSSR count). The van der Waals surface area contributed by atoms with Gasteiger partial charge in [0.1, 0.15) is 0 Å². The molecule has 29 heavy (non-hydrogen) atoms. The fraction of sp³-hybridized carbons (Fsp3) is 0.636. The third kappa shape index (κ3) is 6.18. The fourth-order valence-corrected chi connectivity index (χ4v) is 4.03. The number of nitrogens with zero attached hydrogens (tertiary/aromatic N) is 2. The first-order valence-corrected chi connectivity index (χ1v) is 10.7. The third-order valence-electron chi connectivity index (χ3n) is 5.88. The van der Waals surface area contributed by atoms with Gasteiger partial charge in [-0.05, 0) is 32.3 Å². The molecular formula is C22H34N4O3. The summed E-state index contributed by atoms with van der Waals surface area (Å²) in [6, 6.07) is 10.2. The molecule has 2 aliphatic rings. The van der Waals surface area contributed by atoms with Crippen LogP contribution in [0.15, 0.2) is 30.3 Å². The van der Waals surface area contributed by atoms with E-state index in [0.717, 1.165) is 31.5 Å². The number of piperidine rings is 1. The normalized spacial score (nSPS) is 19.8. The first-order chi connectivity index (χ1) is 14.0. The highest BCUT2D eigenvalue weighted by Gasteiger charge is 2.28. The SMILES string of the molecule is CC(C)N1CCC(NC(=O)NCC(C(=O)N2CCOCC2)c2ccccc2)CC1. The van der Waals surface area contributed by atoms with Crippen LogP contribution < -0.4 is 10.6 Å². The lowest BCUT2D eigenvalue weighted by atomic mass is 9.97. The van der Waals surface area contributed by atoms with Crippen LogP contribution in [-0.4, -0.2) is 79.8 Å². The lowest BCUT2D eigenvalue weighted by molar-refractivity contribution is -0.136. The van der Waals surface area contributed by atoms with Crippen molar-refractivity contribution in [3.8, 4) is 0 Å². The van der Waals surface area contributed by atoms with Crippen LogP contribution in [0.5, 0.6) is 0 Å². The smallest absolute Gasteiger partial charge is 0.315 e. The van der Waals surface area contributed by atoms with E-state index in [2.05, 4.69) is 29.4 Å². The molecule has 0 radical (unpaired) electrons. The quantitative estimate of drug-likeness (QED) is 0.761. The highest BCUT2D eigenvalue weighted by Crippen LogP contribution is 2.19. The van der Waals surface area contributed by atoms with Crippen molar-refractivity contribution >= 4 is 11.9 Å². The molecule has 2 N–H and O–H groups in total. The van der Waals surface area contributed by atoms with E-state index in [-0.39, 0.29) is 30.4 Å². The van der Waals surface area contributed by atoms with Gasteiger partial charge in [0.05, 0.1) is 19.1 Å². The maximum absolute atomic E-state index is 13.1. The van der Waals surface area contributed by atoms with E-state index in [1.165, 1.54) is 0 Å². The Morgan fingerprint density at radius 3 is 2.34 bits per heavy atom. The van der Waals surface area contributed by atoms with Gasteiger partial charge >= 0.3 is 6.03 Å². The van der Waals surface area contributed by atoms with Crippen molar-refractivity contribution in [1.29, 1.82) is 0 Å².